The molecule has 0 spiro atoms. The number of hydrogen-bond acceptors (Lipinski definition) is 8. The molecule has 10 heteroatoms. The molecule has 3 aliphatic heterocycles. The summed E-state index contributed by atoms with van der Waals surface area (Å²) < 4.78 is 16.7. The highest BCUT2D eigenvalue weighted by Crippen LogP contribution is 2.31. The molecule has 2 amide bonds. The van der Waals surface area contributed by atoms with Crippen molar-refractivity contribution in [3.63, 3.8) is 0 Å². The predicted octanol–water partition coefficient (Wildman–Crippen LogP) is 1.87. The number of anilines is 1. The zero-order chi connectivity index (χ0) is 22.8. The van der Waals surface area contributed by atoms with E-state index >= 15 is 0 Å². The van der Waals surface area contributed by atoms with Crippen LogP contribution in [0.5, 0.6) is 0 Å². The summed E-state index contributed by atoms with van der Waals surface area (Å²) in [5.74, 6) is 1.31. The monoisotopic (exact) mass is 453 g/mol. The fraction of sp³-hybridized carbons (Fsp3) is 0.565. The summed E-state index contributed by atoms with van der Waals surface area (Å²) in [6.07, 6.45) is 4.30. The molecule has 0 radical (unpaired) electrons. The van der Waals surface area contributed by atoms with Crippen molar-refractivity contribution < 1.29 is 23.2 Å². The minimum absolute atomic E-state index is 0.0576. The van der Waals surface area contributed by atoms with Gasteiger partial charge in [-0.1, -0.05) is 0 Å². The molecule has 3 fully saturated rings. The smallest absolute Gasteiger partial charge is 0.266 e. The van der Waals surface area contributed by atoms with Gasteiger partial charge in [0.2, 0.25) is 17.5 Å². The predicted molar refractivity (Wildman–Crippen MR) is 116 cm³/mol. The summed E-state index contributed by atoms with van der Waals surface area (Å²) in [6.45, 7) is 4.10. The Hall–Kier alpha value is -3.32. The quantitative estimate of drug-likeness (QED) is 0.689. The number of furan rings is 1. The molecule has 0 bridgehead atoms. The van der Waals surface area contributed by atoms with E-state index < -0.39 is 0 Å². The zero-order valence-corrected chi connectivity index (χ0v) is 18.4. The molecule has 33 heavy (non-hydrogen) atoms. The molecule has 10 nitrogen and oxygen atoms in total. The van der Waals surface area contributed by atoms with E-state index in [-0.39, 0.29) is 35.4 Å². The maximum Gasteiger partial charge on any atom is 0.266 e. The lowest BCUT2D eigenvalue weighted by Gasteiger charge is -2.39. The minimum Gasteiger partial charge on any atom is -0.459 e. The van der Waals surface area contributed by atoms with Crippen LogP contribution < -0.4 is 4.90 Å². The summed E-state index contributed by atoms with van der Waals surface area (Å²) >= 11 is 0. The van der Waals surface area contributed by atoms with Crippen LogP contribution in [-0.2, 0) is 14.3 Å². The highest BCUT2D eigenvalue weighted by molar-refractivity contribution is 5.82. The molecule has 0 N–H and O–H groups in total. The number of ether oxygens (including phenoxy) is 1. The van der Waals surface area contributed by atoms with Gasteiger partial charge in [-0.2, -0.15) is 10.2 Å². The number of nitrogens with zero attached hydrogens (tertiary/aromatic N) is 5. The molecule has 1 atom stereocenters. The van der Waals surface area contributed by atoms with Gasteiger partial charge in [0.1, 0.15) is 12.2 Å². The topological polar surface area (TPSA) is 116 Å². The Labute approximate surface area is 191 Å². The first kappa shape index (κ1) is 21.5. The van der Waals surface area contributed by atoms with Crippen LogP contribution in [0.2, 0.25) is 0 Å². The third-order valence-corrected chi connectivity index (χ3v) is 6.69. The summed E-state index contributed by atoms with van der Waals surface area (Å²) in [4.78, 5) is 35.5. The van der Waals surface area contributed by atoms with Crippen LogP contribution in [0.1, 0.15) is 31.4 Å². The highest BCUT2D eigenvalue weighted by atomic mass is 16.5. The second kappa shape index (κ2) is 9.27. The normalized spacial score (nSPS) is 21.9. The van der Waals surface area contributed by atoms with Gasteiger partial charge in [-0.25, -0.2) is 0 Å². The number of rotatable bonds is 4. The number of carbonyl (C=O) groups excluding carboxylic acids is 2. The number of amides is 2. The highest BCUT2D eigenvalue weighted by Gasteiger charge is 2.35. The Bertz CT molecular complexity index is 1020. The van der Waals surface area contributed by atoms with Crippen molar-refractivity contribution >= 4 is 17.7 Å². The van der Waals surface area contributed by atoms with Crippen LogP contribution in [0.25, 0.3) is 11.7 Å². The third kappa shape index (κ3) is 4.33. The maximum absolute atomic E-state index is 13.1. The van der Waals surface area contributed by atoms with Crippen LogP contribution in [0.15, 0.2) is 27.2 Å². The van der Waals surface area contributed by atoms with Gasteiger partial charge in [0.25, 0.3) is 11.8 Å². The van der Waals surface area contributed by atoms with Crippen molar-refractivity contribution in [2.45, 2.75) is 31.8 Å². The molecule has 0 aliphatic carbocycles. The second-order valence-corrected chi connectivity index (χ2v) is 8.68. The average Bonchev–Trinajstić information content (AvgIpc) is 3.64. The van der Waals surface area contributed by atoms with E-state index in [2.05, 4.69) is 11.1 Å². The number of piperidine rings is 1. The first-order chi connectivity index (χ1) is 16.1. The van der Waals surface area contributed by atoms with E-state index in [1.807, 2.05) is 14.7 Å². The Morgan fingerprint density at radius 2 is 1.76 bits per heavy atom. The summed E-state index contributed by atoms with van der Waals surface area (Å²) in [5, 5.41) is 9.47. The van der Waals surface area contributed by atoms with Gasteiger partial charge in [0.05, 0.1) is 6.26 Å². The largest absolute Gasteiger partial charge is 0.459 e. The Morgan fingerprint density at radius 3 is 2.36 bits per heavy atom. The van der Waals surface area contributed by atoms with Gasteiger partial charge in [-0.15, -0.1) is 0 Å². The van der Waals surface area contributed by atoms with Crippen molar-refractivity contribution in [2.75, 3.05) is 50.8 Å². The van der Waals surface area contributed by atoms with Crippen molar-refractivity contribution in [3.8, 4) is 17.7 Å². The number of carbonyl (C=O) groups is 2. The summed E-state index contributed by atoms with van der Waals surface area (Å²) in [5.41, 5.74) is 0.221. The molecule has 0 saturated carbocycles. The van der Waals surface area contributed by atoms with E-state index in [0.29, 0.717) is 70.4 Å². The number of nitriles is 1. The molecular weight excluding hydrogens is 426 g/mol. The Morgan fingerprint density at radius 1 is 1.03 bits per heavy atom. The van der Waals surface area contributed by atoms with Crippen LogP contribution in [-0.4, -0.2) is 78.6 Å². The van der Waals surface area contributed by atoms with E-state index in [1.165, 1.54) is 6.26 Å². The van der Waals surface area contributed by atoms with Crippen LogP contribution >= 0.6 is 0 Å². The summed E-state index contributed by atoms with van der Waals surface area (Å²) in [7, 11) is 0. The minimum atomic E-state index is -0.306. The molecular formula is C23H27N5O5. The summed E-state index contributed by atoms with van der Waals surface area (Å²) in [6, 6.07) is 5.56. The number of oxazole rings is 1. The molecule has 3 saturated heterocycles. The number of piperazine rings is 1. The van der Waals surface area contributed by atoms with Crippen LogP contribution in [0.4, 0.5) is 5.88 Å². The van der Waals surface area contributed by atoms with Gasteiger partial charge in [0, 0.05) is 51.8 Å². The van der Waals surface area contributed by atoms with Crippen molar-refractivity contribution in [1.29, 1.82) is 5.26 Å². The lowest BCUT2D eigenvalue weighted by atomic mass is 9.95. The Kier molecular flexibility index (Phi) is 6.05. The zero-order valence-electron chi connectivity index (χ0n) is 18.4. The van der Waals surface area contributed by atoms with Crippen LogP contribution in [0.3, 0.4) is 0 Å². The Balaban J connectivity index is 1.15. The molecule has 0 aromatic carbocycles. The van der Waals surface area contributed by atoms with E-state index in [0.717, 1.165) is 12.8 Å². The molecule has 5 rings (SSSR count). The number of aromatic nitrogens is 1. The fourth-order valence-electron chi connectivity index (χ4n) is 4.82. The molecule has 174 valence electrons. The SMILES string of the molecule is N#Cc1nc(-c2ccco2)oc1N1CCC(C(=O)N2CCN(C(=O)C3CCCO3)CC2)CC1. The van der Waals surface area contributed by atoms with Crippen LogP contribution in [0, 0.1) is 17.2 Å². The van der Waals surface area contributed by atoms with Crippen molar-refractivity contribution in [3.05, 3.63) is 24.1 Å². The van der Waals surface area contributed by atoms with E-state index in [9.17, 15) is 14.9 Å². The average molecular weight is 453 g/mol. The van der Waals surface area contributed by atoms with Crippen molar-refractivity contribution in [2.24, 2.45) is 5.92 Å². The molecule has 3 aliphatic rings. The molecule has 1 unspecified atom stereocenters. The third-order valence-electron chi connectivity index (χ3n) is 6.69. The maximum atomic E-state index is 13.1. The lowest BCUT2D eigenvalue weighted by Crippen LogP contribution is -2.54. The van der Waals surface area contributed by atoms with E-state index in [1.54, 1.807) is 12.1 Å². The standard InChI is InChI=1S/C23H27N5O5/c24-15-17-23(33-20(25-17)18-3-1-13-31-18)28-7-5-16(6-8-28)21(29)26-9-11-27(12-10-26)22(30)19-4-2-14-32-19/h1,3,13,16,19H,2,4-12,14H2. The first-order valence-corrected chi connectivity index (χ1v) is 11.5. The lowest BCUT2D eigenvalue weighted by molar-refractivity contribution is -0.147. The van der Waals surface area contributed by atoms with Gasteiger partial charge in [-0.3, -0.25) is 9.59 Å². The van der Waals surface area contributed by atoms with Gasteiger partial charge < -0.3 is 28.3 Å². The van der Waals surface area contributed by atoms with Gasteiger partial charge in [-0.05, 0) is 37.8 Å². The number of hydrogen-bond donors (Lipinski definition) is 0. The molecule has 2 aromatic heterocycles. The van der Waals surface area contributed by atoms with Crippen molar-refractivity contribution in [1.82, 2.24) is 14.8 Å². The van der Waals surface area contributed by atoms with Gasteiger partial charge in [0.15, 0.2) is 5.76 Å². The second-order valence-electron chi connectivity index (χ2n) is 8.68. The van der Waals surface area contributed by atoms with E-state index in [4.69, 9.17) is 13.6 Å². The molecule has 2 aromatic rings. The fourth-order valence-corrected chi connectivity index (χ4v) is 4.82. The van der Waals surface area contributed by atoms with Gasteiger partial charge >= 0.3 is 0 Å². The first-order valence-electron chi connectivity index (χ1n) is 11.5. The molecule has 5 heterocycles.